The van der Waals surface area contributed by atoms with Crippen molar-refractivity contribution in [2.75, 3.05) is 0 Å². The highest BCUT2D eigenvalue weighted by molar-refractivity contribution is 5.84. The van der Waals surface area contributed by atoms with Gasteiger partial charge in [-0.25, -0.2) is 0 Å². The van der Waals surface area contributed by atoms with E-state index >= 15 is 0 Å². The number of unbranched alkanes of at least 4 members (excludes halogenated alkanes) is 7. The summed E-state index contributed by atoms with van der Waals surface area (Å²) >= 11 is 0. The first-order chi connectivity index (χ1) is 11.7. The van der Waals surface area contributed by atoms with E-state index in [4.69, 9.17) is 0 Å². The van der Waals surface area contributed by atoms with Gasteiger partial charge in [0.25, 0.3) is 0 Å². The predicted octanol–water partition coefficient (Wildman–Crippen LogP) is 5.44. The van der Waals surface area contributed by atoms with Crippen molar-refractivity contribution in [1.29, 1.82) is 0 Å². The monoisotopic (exact) mass is 329 g/mol. The number of aliphatic carboxylic acids is 1. The van der Waals surface area contributed by atoms with Crippen LogP contribution < -0.4 is 5.11 Å². The Balaban J connectivity index is 3.71. The number of allylic oxidation sites excluding steroid dienone is 9. The largest absolute Gasteiger partial charge is 0.545 e. The highest BCUT2D eigenvalue weighted by Crippen LogP contribution is 2.08. The zero-order chi connectivity index (χ0) is 17.9. The van der Waals surface area contributed by atoms with Gasteiger partial charge in [-0.2, -0.15) is 0 Å². The van der Waals surface area contributed by atoms with Gasteiger partial charge in [0.15, 0.2) is 0 Å². The van der Waals surface area contributed by atoms with Crippen LogP contribution >= 0.6 is 0 Å². The summed E-state index contributed by atoms with van der Waals surface area (Å²) in [6, 6.07) is 0. The van der Waals surface area contributed by atoms with Crippen LogP contribution in [-0.2, 0) is 4.79 Å². The van der Waals surface area contributed by atoms with E-state index in [9.17, 15) is 9.90 Å². The van der Waals surface area contributed by atoms with E-state index in [-0.39, 0.29) is 0 Å². The summed E-state index contributed by atoms with van der Waals surface area (Å²) in [7, 11) is 0. The number of rotatable bonds is 14. The fraction of sp³-hybridized carbons (Fsp3) is 0.500. The Morgan fingerprint density at radius 1 is 0.750 bits per heavy atom. The highest BCUT2D eigenvalue weighted by atomic mass is 16.4. The van der Waals surface area contributed by atoms with Crippen molar-refractivity contribution in [2.45, 2.75) is 71.6 Å². The molecule has 0 aromatic heterocycles. The molecule has 2 heteroatoms. The number of carbonyl (C=O) groups is 1. The summed E-state index contributed by atoms with van der Waals surface area (Å²) in [4.78, 5) is 10.7. The molecule has 0 aromatic carbocycles. The third-order valence-corrected chi connectivity index (χ3v) is 3.72. The van der Waals surface area contributed by atoms with Gasteiger partial charge in [-0.05, 0) is 24.8 Å². The molecular weight excluding hydrogens is 296 g/mol. The molecule has 0 radical (unpaired) electrons. The smallest absolute Gasteiger partial charge is 0.0674 e. The maximum atomic E-state index is 10.7. The number of carboxylic acid groups (broad SMARTS) is 1. The molecule has 134 valence electrons. The third kappa shape index (κ3) is 15.1. The molecule has 0 aliphatic carbocycles. The number of carbonyl (C=O) groups excluding carboxylic acids is 1. The SMILES string of the molecule is CCCCCCCCC/C=C/C=C/C=C/C=C/C=C(\CC)C(=O)[O-]. The molecule has 0 unspecified atom stereocenters. The quantitative estimate of drug-likeness (QED) is 0.242. The maximum absolute atomic E-state index is 10.7. The molecule has 0 fully saturated rings. The van der Waals surface area contributed by atoms with Crippen LogP contribution in [0.1, 0.15) is 71.6 Å². The van der Waals surface area contributed by atoms with Crippen molar-refractivity contribution in [3.63, 3.8) is 0 Å². The molecule has 0 bridgehead atoms. The van der Waals surface area contributed by atoms with Crippen LogP contribution in [0.5, 0.6) is 0 Å². The second-order valence-corrected chi connectivity index (χ2v) is 5.83. The van der Waals surface area contributed by atoms with E-state index in [1.54, 1.807) is 19.1 Å². The summed E-state index contributed by atoms with van der Waals surface area (Å²) in [6.07, 6.45) is 28.2. The van der Waals surface area contributed by atoms with E-state index in [1.807, 2.05) is 30.4 Å². The molecule has 0 aliphatic rings. The van der Waals surface area contributed by atoms with Crippen molar-refractivity contribution in [3.05, 3.63) is 60.3 Å². The normalized spacial score (nSPS) is 13.2. The highest BCUT2D eigenvalue weighted by Gasteiger charge is 1.90. The van der Waals surface area contributed by atoms with E-state index in [0.717, 1.165) is 6.42 Å². The van der Waals surface area contributed by atoms with Gasteiger partial charge in [-0.1, -0.05) is 107 Å². The first-order valence-corrected chi connectivity index (χ1v) is 9.29. The first-order valence-electron chi connectivity index (χ1n) is 9.29. The van der Waals surface area contributed by atoms with E-state index in [2.05, 4.69) is 19.1 Å². The van der Waals surface area contributed by atoms with Gasteiger partial charge in [-0.15, -0.1) is 0 Å². The zero-order valence-electron chi connectivity index (χ0n) is 15.4. The van der Waals surface area contributed by atoms with Gasteiger partial charge < -0.3 is 9.90 Å². The fourth-order valence-electron chi connectivity index (χ4n) is 2.22. The Hall–Kier alpha value is -1.83. The predicted molar refractivity (Wildman–Crippen MR) is 103 cm³/mol. The van der Waals surface area contributed by atoms with Gasteiger partial charge in [0.1, 0.15) is 0 Å². The lowest BCUT2D eigenvalue weighted by Crippen LogP contribution is -2.23. The number of hydrogen-bond acceptors (Lipinski definition) is 2. The molecule has 0 aromatic rings. The molecule has 0 aliphatic heterocycles. The van der Waals surface area contributed by atoms with Gasteiger partial charge >= 0.3 is 0 Å². The van der Waals surface area contributed by atoms with Crippen LogP contribution in [0.15, 0.2) is 60.3 Å². The second kappa shape index (κ2) is 17.5. The minimum atomic E-state index is -1.10. The zero-order valence-corrected chi connectivity index (χ0v) is 15.4. The maximum Gasteiger partial charge on any atom is 0.0674 e. The van der Waals surface area contributed by atoms with Crippen molar-refractivity contribution >= 4 is 5.97 Å². The Bertz CT molecular complexity index is 451. The molecule has 0 rings (SSSR count). The van der Waals surface area contributed by atoms with Crippen LogP contribution in [0.25, 0.3) is 0 Å². The Labute approximate surface area is 148 Å². The van der Waals surface area contributed by atoms with Gasteiger partial charge in [0.2, 0.25) is 0 Å². The number of hydrogen-bond donors (Lipinski definition) is 0. The van der Waals surface area contributed by atoms with Crippen LogP contribution in [0.2, 0.25) is 0 Å². The summed E-state index contributed by atoms with van der Waals surface area (Å²) in [5, 5.41) is 10.7. The van der Waals surface area contributed by atoms with Gasteiger partial charge in [0.05, 0.1) is 5.97 Å². The first kappa shape index (κ1) is 22.2. The number of carboxylic acids is 1. The lowest BCUT2D eigenvalue weighted by Gasteiger charge is -2.02. The van der Waals surface area contributed by atoms with Crippen LogP contribution in [-0.4, -0.2) is 5.97 Å². The molecule has 0 amide bonds. The average Bonchev–Trinajstić information content (AvgIpc) is 2.57. The van der Waals surface area contributed by atoms with Crippen molar-refractivity contribution in [2.24, 2.45) is 0 Å². The van der Waals surface area contributed by atoms with E-state index in [1.165, 1.54) is 44.9 Å². The topological polar surface area (TPSA) is 40.1 Å². The van der Waals surface area contributed by atoms with E-state index in [0.29, 0.717) is 12.0 Å². The molecular formula is C22H33O2-. The Kier molecular flexibility index (Phi) is 16.2. The molecule has 24 heavy (non-hydrogen) atoms. The second-order valence-electron chi connectivity index (χ2n) is 5.83. The molecule has 0 saturated heterocycles. The third-order valence-electron chi connectivity index (χ3n) is 3.72. The summed E-state index contributed by atoms with van der Waals surface area (Å²) in [5.41, 5.74) is 0.309. The minimum Gasteiger partial charge on any atom is -0.545 e. The van der Waals surface area contributed by atoms with Crippen LogP contribution in [0.4, 0.5) is 0 Å². The Morgan fingerprint density at radius 2 is 1.29 bits per heavy atom. The standard InChI is InChI=1S/C22H34O2/c1-3-5-6-7-8-9-10-11-12-13-14-15-16-17-18-19-20-21(4-2)22(23)24/h12-20H,3-11H2,1-2H3,(H,23,24)/p-1/b13-12+,15-14+,17-16+,19-18+,21-20+. The average molecular weight is 330 g/mol. The Morgan fingerprint density at radius 3 is 1.88 bits per heavy atom. The summed E-state index contributed by atoms with van der Waals surface area (Å²) in [6.45, 7) is 4.05. The molecule has 0 heterocycles. The van der Waals surface area contributed by atoms with Crippen LogP contribution in [0, 0.1) is 0 Å². The van der Waals surface area contributed by atoms with Gasteiger partial charge in [0, 0.05) is 0 Å². The lowest BCUT2D eigenvalue weighted by molar-refractivity contribution is -0.299. The summed E-state index contributed by atoms with van der Waals surface area (Å²) < 4.78 is 0. The molecule has 0 saturated carbocycles. The van der Waals surface area contributed by atoms with Crippen molar-refractivity contribution in [1.82, 2.24) is 0 Å². The van der Waals surface area contributed by atoms with Crippen molar-refractivity contribution < 1.29 is 9.90 Å². The van der Waals surface area contributed by atoms with Crippen LogP contribution in [0.3, 0.4) is 0 Å². The molecule has 0 spiro atoms. The molecule has 0 N–H and O–H groups in total. The molecule has 0 atom stereocenters. The van der Waals surface area contributed by atoms with Gasteiger partial charge in [-0.3, -0.25) is 0 Å². The minimum absolute atomic E-state index is 0.309. The lowest BCUT2D eigenvalue weighted by atomic mass is 10.1. The molecule has 2 nitrogen and oxygen atoms in total. The summed E-state index contributed by atoms with van der Waals surface area (Å²) in [5.74, 6) is -1.10. The van der Waals surface area contributed by atoms with E-state index < -0.39 is 5.97 Å². The fourth-order valence-corrected chi connectivity index (χ4v) is 2.22. The van der Waals surface area contributed by atoms with Crippen molar-refractivity contribution in [3.8, 4) is 0 Å².